The number of nitrogens with one attached hydrogen (secondary N) is 1. The molecule has 4 nitrogen and oxygen atoms in total. The van der Waals surface area contributed by atoms with Gasteiger partial charge in [-0.1, -0.05) is 6.92 Å². The first-order valence-corrected chi connectivity index (χ1v) is 7.27. The molecule has 0 saturated carbocycles. The summed E-state index contributed by atoms with van der Waals surface area (Å²) in [5, 5.41) is 12.4. The smallest absolute Gasteiger partial charge is 0.254 e. The van der Waals surface area contributed by atoms with Gasteiger partial charge in [0.2, 0.25) is 0 Å². The summed E-state index contributed by atoms with van der Waals surface area (Å²) in [6.45, 7) is 9.26. The Morgan fingerprint density at radius 3 is 2.60 bits per heavy atom. The van der Waals surface area contributed by atoms with Gasteiger partial charge in [0.15, 0.2) is 0 Å². The van der Waals surface area contributed by atoms with Gasteiger partial charge in [-0.05, 0) is 51.0 Å². The van der Waals surface area contributed by atoms with E-state index in [1.54, 1.807) is 4.90 Å². The molecule has 2 N–H and O–H groups in total. The second kappa shape index (κ2) is 7.90. The lowest BCUT2D eigenvalue weighted by atomic mass is 10.1. The zero-order chi connectivity index (χ0) is 15.1. The first-order chi connectivity index (χ1) is 9.51. The molecule has 20 heavy (non-hydrogen) atoms. The third kappa shape index (κ3) is 4.23. The molecule has 0 saturated heterocycles. The molecular formula is C16H26N2O2. The number of hydrogen-bond donors (Lipinski definition) is 2. The minimum Gasteiger partial charge on any atom is -0.395 e. The topological polar surface area (TPSA) is 52.6 Å². The number of nitrogens with zero attached hydrogens (tertiary/aromatic N) is 1. The largest absolute Gasteiger partial charge is 0.395 e. The maximum absolute atomic E-state index is 12.5. The Labute approximate surface area is 121 Å². The van der Waals surface area contributed by atoms with Gasteiger partial charge in [0.05, 0.1) is 6.61 Å². The van der Waals surface area contributed by atoms with E-state index in [2.05, 4.69) is 12.2 Å². The van der Waals surface area contributed by atoms with Gasteiger partial charge in [-0.2, -0.15) is 0 Å². The third-order valence-electron chi connectivity index (χ3n) is 3.26. The molecule has 112 valence electrons. The summed E-state index contributed by atoms with van der Waals surface area (Å²) in [6, 6.07) is 5.88. The lowest BCUT2D eigenvalue weighted by Crippen LogP contribution is -2.39. The molecule has 0 aliphatic carbocycles. The summed E-state index contributed by atoms with van der Waals surface area (Å²) in [5.41, 5.74) is 2.70. The molecule has 4 heteroatoms. The highest BCUT2D eigenvalue weighted by molar-refractivity contribution is 5.96. The fourth-order valence-corrected chi connectivity index (χ4v) is 2.14. The van der Waals surface area contributed by atoms with Crippen molar-refractivity contribution in [3.05, 3.63) is 29.3 Å². The Bertz CT molecular complexity index is 444. The van der Waals surface area contributed by atoms with Gasteiger partial charge in [0.25, 0.3) is 5.91 Å². The molecule has 0 aliphatic heterocycles. The predicted octanol–water partition coefficient (Wildman–Crippen LogP) is 2.66. The molecule has 1 aromatic rings. The van der Waals surface area contributed by atoms with Crippen LogP contribution >= 0.6 is 0 Å². The highest BCUT2D eigenvalue weighted by Crippen LogP contribution is 2.18. The van der Waals surface area contributed by atoms with Gasteiger partial charge in [0, 0.05) is 30.4 Å². The van der Waals surface area contributed by atoms with Crippen LogP contribution in [0.15, 0.2) is 18.2 Å². The van der Waals surface area contributed by atoms with Crippen LogP contribution in [0.1, 0.15) is 43.1 Å². The van der Waals surface area contributed by atoms with Crippen molar-refractivity contribution in [3.63, 3.8) is 0 Å². The van der Waals surface area contributed by atoms with Crippen molar-refractivity contribution in [1.82, 2.24) is 4.90 Å². The zero-order valence-electron chi connectivity index (χ0n) is 12.9. The Balaban J connectivity index is 2.92. The van der Waals surface area contributed by atoms with Crippen LogP contribution in [0.4, 0.5) is 5.69 Å². The normalized spacial score (nSPS) is 10.7. The molecule has 1 amide bonds. The molecule has 0 radical (unpaired) electrons. The Kier molecular flexibility index (Phi) is 6.52. The second-order valence-electron chi connectivity index (χ2n) is 5.27. The summed E-state index contributed by atoms with van der Waals surface area (Å²) >= 11 is 0. The SMILES string of the molecule is CCCNc1ccc(C(=O)N(CCO)C(C)C)c(C)c1. The number of aryl methyl sites for hydroxylation is 1. The van der Waals surface area contributed by atoms with Crippen LogP contribution in [-0.2, 0) is 0 Å². The van der Waals surface area contributed by atoms with Crippen LogP contribution in [0.3, 0.4) is 0 Å². The van der Waals surface area contributed by atoms with E-state index in [1.807, 2.05) is 39.0 Å². The Morgan fingerprint density at radius 2 is 2.10 bits per heavy atom. The summed E-state index contributed by atoms with van der Waals surface area (Å²) in [7, 11) is 0. The third-order valence-corrected chi connectivity index (χ3v) is 3.26. The molecular weight excluding hydrogens is 252 g/mol. The monoisotopic (exact) mass is 278 g/mol. The van der Waals surface area contributed by atoms with E-state index in [-0.39, 0.29) is 18.6 Å². The van der Waals surface area contributed by atoms with Gasteiger partial charge in [0.1, 0.15) is 0 Å². The van der Waals surface area contributed by atoms with Crippen molar-refractivity contribution < 1.29 is 9.90 Å². The van der Waals surface area contributed by atoms with Crippen molar-refractivity contribution in [3.8, 4) is 0 Å². The van der Waals surface area contributed by atoms with E-state index in [0.29, 0.717) is 12.1 Å². The second-order valence-corrected chi connectivity index (χ2v) is 5.27. The number of anilines is 1. The van der Waals surface area contributed by atoms with E-state index in [0.717, 1.165) is 24.2 Å². The lowest BCUT2D eigenvalue weighted by Gasteiger charge is -2.26. The van der Waals surface area contributed by atoms with Gasteiger partial charge < -0.3 is 15.3 Å². The Morgan fingerprint density at radius 1 is 1.40 bits per heavy atom. The van der Waals surface area contributed by atoms with Crippen LogP contribution in [0.2, 0.25) is 0 Å². The van der Waals surface area contributed by atoms with E-state index >= 15 is 0 Å². The van der Waals surface area contributed by atoms with Gasteiger partial charge >= 0.3 is 0 Å². The first kappa shape index (κ1) is 16.5. The fraction of sp³-hybridized carbons (Fsp3) is 0.562. The van der Waals surface area contributed by atoms with Crippen molar-refractivity contribution >= 4 is 11.6 Å². The molecule has 0 atom stereocenters. The number of amides is 1. The number of carbonyl (C=O) groups excluding carboxylic acids is 1. The molecule has 0 spiro atoms. The van der Waals surface area contributed by atoms with Crippen molar-refractivity contribution in [1.29, 1.82) is 0 Å². The standard InChI is InChI=1S/C16H26N2O2/c1-5-8-17-14-6-7-15(13(4)11-14)16(20)18(9-10-19)12(2)3/h6-7,11-12,17,19H,5,8-10H2,1-4H3. The van der Waals surface area contributed by atoms with Crippen LogP contribution in [0.5, 0.6) is 0 Å². The highest BCUT2D eigenvalue weighted by Gasteiger charge is 2.19. The summed E-state index contributed by atoms with van der Waals surface area (Å²) < 4.78 is 0. The maximum Gasteiger partial charge on any atom is 0.254 e. The van der Waals surface area contributed by atoms with Crippen molar-refractivity contribution in [2.24, 2.45) is 0 Å². The molecule has 0 fully saturated rings. The minimum atomic E-state index is -0.0198. The van der Waals surface area contributed by atoms with Crippen LogP contribution in [-0.4, -0.2) is 41.7 Å². The number of aliphatic hydroxyl groups excluding tert-OH is 1. The van der Waals surface area contributed by atoms with E-state index < -0.39 is 0 Å². The average molecular weight is 278 g/mol. The summed E-state index contributed by atoms with van der Waals surface area (Å²) in [4.78, 5) is 14.2. The van der Waals surface area contributed by atoms with E-state index in [4.69, 9.17) is 5.11 Å². The highest BCUT2D eigenvalue weighted by atomic mass is 16.3. The molecule has 0 heterocycles. The predicted molar refractivity (Wildman–Crippen MR) is 83.2 cm³/mol. The van der Waals surface area contributed by atoms with E-state index in [1.165, 1.54) is 0 Å². The van der Waals surface area contributed by atoms with E-state index in [9.17, 15) is 4.79 Å². The number of hydrogen-bond acceptors (Lipinski definition) is 3. The quantitative estimate of drug-likeness (QED) is 0.806. The lowest BCUT2D eigenvalue weighted by molar-refractivity contribution is 0.0664. The Hall–Kier alpha value is -1.55. The van der Waals surface area contributed by atoms with Gasteiger partial charge in [-0.15, -0.1) is 0 Å². The van der Waals surface area contributed by atoms with Crippen LogP contribution in [0, 0.1) is 6.92 Å². The number of carbonyl (C=O) groups is 1. The van der Waals surface area contributed by atoms with Gasteiger partial charge in [-0.25, -0.2) is 0 Å². The van der Waals surface area contributed by atoms with Crippen LogP contribution in [0.25, 0.3) is 0 Å². The van der Waals surface area contributed by atoms with Crippen molar-refractivity contribution in [2.75, 3.05) is 25.0 Å². The number of benzene rings is 1. The van der Waals surface area contributed by atoms with Crippen molar-refractivity contribution in [2.45, 2.75) is 40.2 Å². The molecule has 0 aliphatic rings. The summed E-state index contributed by atoms with van der Waals surface area (Å²) in [6.07, 6.45) is 1.07. The zero-order valence-corrected chi connectivity index (χ0v) is 12.9. The van der Waals surface area contributed by atoms with Gasteiger partial charge in [-0.3, -0.25) is 4.79 Å². The molecule has 0 unspecified atom stereocenters. The average Bonchev–Trinajstić information content (AvgIpc) is 2.41. The fourth-order valence-electron chi connectivity index (χ4n) is 2.14. The summed E-state index contributed by atoms with van der Waals surface area (Å²) in [5.74, 6) is -0.0198. The maximum atomic E-state index is 12.5. The number of aliphatic hydroxyl groups is 1. The first-order valence-electron chi connectivity index (χ1n) is 7.27. The molecule has 0 bridgehead atoms. The minimum absolute atomic E-state index is 0.0148. The number of rotatable bonds is 7. The molecule has 0 aromatic heterocycles. The molecule has 1 rings (SSSR count). The van der Waals surface area contributed by atoms with Crippen LogP contribution < -0.4 is 5.32 Å². The molecule has 1 aromatic carbocycles.